The molecule has 3 heterocycles. The van der Waals surface area contributed by atoms with E-state index in [0.29, 0.717) is 25.5 Å². The quantitative estimate of drug-likeness (QED) is 0.616. The van der Waals surface area contributed by atoms with Crippen LogP contribution in [0.15, 0.2) is 12.3 Å². The van der Waals surface area contributed by atoms with Crippen LogP contribution in [0.3, 0.4) is 0 Å². The molecule has 2 amide bonds. The maximum atomic E-state index is 12.9. The van der Waals surface area contributed by atoms with Gasteiger partial charge in [0.1, 0.15) is 12.2 Å². The normalized spacial score (nSPS) is 19.0. The van der Waals surface area contributed by atoms with Crippen LogP contribution in [0.25, 0.3) is 0 Å². The van der Waals surface area contributed by atoms with E-state index in [1.807, 2.05) is 4.90 Å². The van der Waals surface area contributed by atoms with Gasteiger partial charge in [0.25, 0.3) is 0 Å². The third-order valence-corrected chi connectivity index (χ3v) is 5.29. The van der Waals surface area contributed by atoms with Crippen molar-refractivity contribution in [3.8, 4) is 5.75 Å². The minimum atomic E-state index is -4.49. The fourth-order valence-corrected chi connectivity index (χ4v) is 3.73. The van der Waals surface area contributed by atoms with E-state index in [9.17, 15) is 22.8 Å². The van der Waals surface area contributed by atoms with Gasteiger partial charge in [0.05, 0.1) is 37.3 Å². The SMILES string of the molecule is C[C@@H](COCCC(=O)N1CCN2c3ncc(C(F)(F)F)cc3OC[C@@H]2C1)NC(=O)OC(C)(C)C. The number of nitrogens with one attached hydrogen (secondary N) is 1. The zero-order chi connectivity index (χ0) is 25.1. The van der Waals surface area contributed by atoms with Gasteiger partial charge in [0.15, 0.2) is 11.6 Å². The number of aromatic nitrogens is 1. The highest BCUT2D eigenvalue weighted by atomic mass is 19.4. The number of amides is 2. The van der Waals surface area contributed by atoms with Gasteiger partial charge in [-0.1, -0.05) is 0 Å². The first kappa shape index (κ1) is 25.9. The van der Waals surface area contributed by atoms with Crippen molar-refractivity contribution >= 4 is 17.8 Å². The first-order valence-electron chi connectivity index (χ1n) is 11.1. The van der Waals surface area contributed by atoms with E-state index in [4.69, 9.17) is 14.2 Å². The molecule has 0 saturated carbocycles. The molecule has 1 saturated heterocycles. The summed E-state index contributed by atoms with van der Waals surface area (Å²) in [6.07, 6.45) is -4.04. The molecule has 12 heteroatoms. The number of anilines is 1. The Kier molecular flexibility index (Phi) is 7.79. The smallest absolute Gasteiger partial charge is 0.418 e. The second-order valence-corrected chi connectivity index (χ2v) is 9.41. The standard InChI is InChI=1S/C22H31F3N4O5/c1-14(27-20(31)34-21(2,3)4)12-32-8-5-18(30)28-6-7-29-16(11-28)13-33-17-9-15(22(23,24)25)10-26-19(17)29/h9-10,14,16H,5-8,11-13H2,1-4H3,(H,27,31)/t14-,16-/m0/s1. The molecule has 1 fully saturated rings. The first-order valence-corrected chi connectivity index (χ1v) is 11.1. The van der Waals surface area contributed by atoms with Gasteiger partial charge in [-0.15, -0.1) is 0 Å². The van der Waals surface area contributed by atoms with Crippen LogP contribution in [0.1, 0.15) is 39.7 Å². The number of carbonyl (C=O) groups is 2. The van der Waals surface area contributed by atoms with Crippen LogP contribution in [0.2, 0.25) is 0 Å². The number of hydrogen-bond acceptors (Lipinski definition) is 7. The van der Waals surface area contributed by atoms with Gasteiger partial charge < -0.3 is 29.3 Å². The van der Waals surface area contributed by atoms with Crippen molar-refractivity contribution in [1.29, 1.82) is 0 Å². The van der Waals surface area contributed by atoms with Crippen molar-refractivity contribution in [3.63, 3.8) is 0 Å². The summed E-state index contributed by atoms with van der Waals surface area (Å²) in [5, 5.41) is 2.67. The Bertz CT molecular complexity index is 890. The average molecular weight is 489 g/mol. The second kappa shape index (κ2) is 10.2. The summed E-state index contributed by atoms with van der Waals surface area (Å²) in [6.45, 7) is 8.97. The number of fused-ring (bicyclic) bond motifs is 3. The molecule has 3 rings (SSSR count). The molecule has 0 spiro atoms. The lowest BCUT2D eigenvalue weighted by Crippen LogP contribution is -2.58. The van der Waals surface area contributed by atoms with Gasteiger partial charge in [-0.2, -0.15) is 13.2 Å². The maximum absolute atomic E-state index is 12.9. The van der Waals surface area contributed by atoms with Crippen LogP contribution in [0, 0.1) is 0 Å². The summed E-state index contributed by atoms with van der Waals surface area (Å²) in [5.74, 6) is 0.387. The molecule has 2 aliphatic rings. The second-order valence-electron chi connectivity index (χ2n) is 9.41. The Morgan fingerprint density at radius 3 is 2.71 bits per heavy atom. The van der Waals surface area contributed by atoms with E-state index >= 15 is 0 Å². The summed E-state index contributed by atoms with van der Waals surface area (Å²) in [5.41, 5.74) is -1.44. The summed E-state index contributed by atoms with van der Waals surface area (Å²) in [7, 11) is 0. The summed E-state index contributed by atoms with van der Waals surface area (Å²) < 4.78 is 55.0. The molecule has 2 atom stereocenters. The van der Waals surface area contributed by atoms with E-state index in [2.05, 4.69) is 10.3 Å². The fraction of sp³-hybridized carbons (Fsp3) is 0.682. The Morgan fingerprint density at radius 2 is 2.03 bits per heavy atom. The van der Waals surface area contributed by atoms with Crippen molar-refractivity contribution in [1.82, 2.24) is 15.2 Å². The van der Waals surface area contributed by atoms with Crippen molar-refractivity contribution in [2.24, 2.45) is 0 Å². The molecular formula is C22H31F3N4O5. The highest BCUT2D eigenvalue weighted by Crippen LogP contribution is 2.38. The molecule has 2 aliphatic heterocycles. The third kappa shape index (κ3) is 6.87. The lowest BCUT2D eigenvalue weighted by molar-refractivity contribution is -0.138. The predicted molar refractivity (Wildman–Crippen MR) is 117 cm³/mol. The van der Waals surface area contributed by atoms with Crippen LogP contribution < -0.4 is 15.0 Å². The number of alkyl carbamates (subject to hydrolysis) is 1. The molecule has 1 N–H and O–H groups in total. The molecule has 1 aromatic heterocycles. The Morgan fingerprint density at radius 1 is 1.29 bits per heavy atom. The largest absolute Gasteiger partial charge is 0.487 e. The molecule has 0 aliphatic carbocycles. The van der Waals surface area contributed by atoms with Gasteiger partial charge in [0, 0.05) is 25.8 Å². The van der Waals surface area contributed by atoms with Gasteiger partial charge in [0.2, 0.25) is 5.91 Å². The molecular weight excluding hydrogens is 457 g/mol. The highest BCUT2D eigenvalue weighted by molar-refractivity contribution is 5.77. The molecule has 34 heavy (non-hydrogen) atoms. The molecule has 190 valence electrons. The number of halogens is 3. The zero-order valence-electron chi connectivity index (χ0n) is 19.8. The van der Waals surface area contributed by atoms with E-state index in [-0.39, 0.29) is 50.0 Å². The first-order chi connectivity index (χ1) is 15.8. The van der Waals surface area contributed by atoms with Crippen LogP contribution in [0.4, 0.5) is 23.8 Å². The monoisotopic (exact) mass is 488 g/mol. The number of alkyl halides is 3. The van der Waals surface area contributed by atoms with Crippen LogP contribution in [-0.4, -0.2) is 79.0 Å². The van der Waals surface area contributed by atoms with Crippen molar-refractivity contribution < 1.29 is 37.0 Å². The van der Waals surface area contributed by atoms with Gasteiger partial charge >= 0.3 is 12.3 Å². The number of rotatable bonds is 6. The molecule has 1 aromatic rings. The molecule has 0 radical (unpaired) electrons. The zero-order valence-corrected chi connectivity index (χ0v) is 19.8. The minimum absolute atomic E-state index is 0.0846. The fourth-order valence-electron chi connectivity index (χ4n) is 3.73. The van der Waals surface area contributed by atoms with Crippen molar-refractivity contribution in [3.05, 3.63) is 17.8 Å². The van der Waals surface area contributed by atoms with Crippen LogP contribution >= 0.6 is 0 Å². The molecule has 0 aromatic carbocycles. The lowest BCUT2D eigenvalue weighted by atomic mass is 10.1. The number of pyridine rings is 1. The Labute approximate surface area is 196 Å². The van der Waals surface area contributed by atoms with Gasteiger partial charge in [-0.3, -0.25) is 4.79 Å². The summed E-state index contributed by atoms with van der Waals surface area (Å²) in [6, 6.07) is 0.498. The third-order valence-electron chi connectivity index (χ3n) is 5.29. The molecule has 0 unspecified atom stereocenters. The number of ether oxygens (including phenoxy) is 3. The van der Waals surface area contributed by atoms with E-state index in [0.717, 1.165) is 12.3 Å². The van der Waals surface area contributed by atoms with E-state index in [1.54, 1.807) is 32.6 Å². The van der Waals surface area contributed by atoms with Crippen LogP contribution in [-0.2, 0) is 20.4 Å². The number of carbonyl (C=O) groups excluding carboxylic acids is 2. The van der Waals surface area contributed by atoms with Crippen molar-refractivity contribution in [2.45, 2.75) is 58.0 Å². The minimum Gasteiger partial charge on any atom is -0.487 e. The van der Waals surface area contributed by atoms with Gasteiger partial charge in [-0.25, -0.2) is 9.78 Å². The highest BCUT2D eigenvalue weighted by Gasteiger charge is 2.38. The predicted octanol–water partition coefficient (Wildman–Crippen LogP) is 2.83. The maximum Gasteiger partial charge on any atom is 0.418 e. The molecule has 9 nitrogen and oxygen atoms in total. The van der Waals surface area contributed by atoms with Gasteiger partial charge in [-0.05, 0) is 33.8 Å². The average Bonchev–Trinajstić information content (AvgIpc) is 2.73. The summed E-state index contributed by atoms with van der Waals surface area (Å²) in [4.78, 5) is 31.9. The lowest BCUT2D eigenvalue weighted by Gasteiger charge is -2.44. The Balaban J connectivity index is 1.42. The Hall–Kier alpha value is -2.76. The van der Waals surface area contributed by atoms with Crippen molar-refractivity contribution in [2.75, 3.05) is 44.4 Å². The number of nitrogens with zero attached hydrogens (tertiary/aromatic N) is 3. The van der Waals surface area contributed by atoms with E-state index in [1.165, 1.54) is 0 Å². The summed E-state index contributed by atoms with van der Waals surface area (Å²) >= 11 is 0. The molecule has 0 bridgehead atoms. The topological polar surface area (TPSA) is 93.2 Å². The number of piperazine rings is 1. The van der Waals surface area contributed by atoms with Crippen LogP contribution in [0.5, 0.6) is 5.75 Å². The number of hydrogen-bond donors (Lipinski definition) is 1. The van der Waals surface area contributed by atoms with E-state index < -0.39 is 23.4 Å².